The quantitative estimate of drug-likeness (QED) is 0.788. The summed E-state index contributed by atoms with van der Waals surface area (Å²) in [4.78, 5) is 25.5. The van der Waals surface area contributed by atoms with Gasteiger partial charge in [0.2, 0.25) is 5.91 Å². The lowest BCUT2D eigenvalue weighted by Gasteiger charge is -2.07. The fraction of sp³-hybridized carbons (Fsp3) is 0.238. The molecule has 1 saturated carbocycles. The summed E-state index contributed by atoms with van der Waals surface area (Å²) in [6.45, 7) is 1.85. The van der Waals surface area contributed by atoms with E-state index in [1.165, 1.54) is 5.56 Å². The highest BCUT2D eigenvalue weighted by Crippen LogP contribution is 2.47. The maximum Gasteiger partial charge on any atom is 0.295 e. The molecule has 0 spiro atoms. The van der Waals surface area contributed by atoms with Gasteiger partial charge >= 0.3 is 0 Å². The van der Waals surface area contributed by atoms with Crippen LogP contribution in [0.1, 0.15) is 23.6 Å². The van der Waals surface area contributed by atoms with Crippen molar-refractivity contribution in [2.24, 2.45) is 13.0 Å². The molecule has 1 N–H and O–H groups in total. The van der Waals surface area contributed by atoms with E-state index in [0.717, 1.165) is 17.8 Å². The average molecular weight is 347 g/mol. The summed E-state index contributed by atoms with van der Waals surface area (Å²) < 4.78 is 3.35. The lowest BCUT2D eigenvalue weighted by molar-refractivity contribution is -0.117. The van der Waals surface area contributed by atoms with Gasteiger partial charge in [0.25, 0.3) is 5.56 Å². The molecule has 3 aromatic rings. The van der Waals surface area contributed by atoms with E-state index >= 15 is 0 Å². The summed E-state index contributed by atoms with van der Waals surface area (Å²) in [5, 5.41) is 2.88. The molecule has 5 heteroatoms. The van der Waals surface area contributed by atoms with Gasteiger partial charge in [0, 0.05) is 13.0 Å². The predicted molar refractivity (Wildman–Crippen MR) is 102 cm³/mol. The molecule has 1 heterocycles. The molecule has 1 aromatic heterocycles. The summed E-state index contributed by atoms with van der Waals surface area (Å²) in [6.07, 6.45) is 0.828. The van der Waals surface area contributed by atoms with Crippen LogP contribution in [0.4, 0.5) is 5.69 Å². The minimum absolute atomic E-state index is 0.0680. The number of aromatic nitrogens is 2. The highest BCUT2D eigenvalue weighted by molar-refractivity contribution is 5.95. The molecule has 1 amide bonds. The van der Waals surface area contributed by atoms with E-state index in [1.807, 2.05) is 74.6 Å². The second-order valence-electron chi connectivity index (χ2n) is 6.79. The molecule has 5 nitrogen and oxygen atoms in total. The van der Waals surface area contributed by atoms with Crippen LogP contribution in [-0.4, -0.2) is 15.3 Å². The van der Waals surface area contributed by atoms with E-state index in [9.17, 15) is 9.59 Å². The minimum atomic E-state index is -0.207. The second kappa shape index (κ2) is 6.33. The molecule has 4 rings (SSSR count). The van der Waals surface area contributed by atoms with E-state index in [-0.39, 0.29) is 23.3 Å². The van der Waals surface area contributed by atoms with Gasteiger partial charge in [-0.1, -0.05) is 48.5 Å². The molecule has 0 saturated heterocycles. The van der Waals surface area contributed by atoms with Crippen molar-refractivity contribution in [3.63, 3.8) is 0 Å². The van der Waals surface area contributed by atoms with Crippen LogP contribution in [0.25, 0.3) is 5.69 Å². The molecule has 26 heavy (non-hydrogen) atoms. The van der Waals surface area contributed by atoms with Gasteiger partial charge in [0.05, 0.1) is 11.4 Å². The molecule has 1 aliphatic carbocycles. The summed E-state index contributed by atoms with van der Waals surface area (Å²) >= 11 is 0. The lowest BCUT2D eigenvalue weighted by Crippen LogP contribution is -2.23. The normalized spacial score (nSPS) is 18.5. The first-order valence-electron chi connectivity index (χ1n) is 8.77. The van der Waals surface area contributed by atoms with Crippen LogP contribution in [0.2, 0.25) is 0 Å². The Hall–Kier alpha value is -3.08. The van der Waals surface area contributed by atoms with Crippen LogP contribution >= 0.6 is 0 Å². The van der Waals surface area contributed by atoms with Crippen LogP contribution in [-0.2, 0) is 11.8 Å². The van der Waals surface area contributed by atoms with E-state index in [2.05, 4.69) is 5.32 Å². The number of nitrogens with zero attached hydrogens (tertiary/aromatic N) is 2. The zero-order valence-corrected chi connectivity index (χ0v) is 14.8. The number of benzene rings is 2. The van der Waals surface area contributed by atoms with Crippen molar-refractivity contribution in [1.29, 1.82) is 0 Å². The Morgan fingerprint density at radius 2 is 1.65 bits per heavy atom. The highest BCUT2D eigenvalue weighted by Gasteiger charge is 2.44. The third-order valence-electron chi connectivity index (χ3n) is 5.16. The Bertz CT molecular complexity index is 1000. The molecular weight excluding hydrogens is 326 g/mol. The average Bonchev–Trinajstić information content (AvgIpc) is 3.44. The van der Waals surface area contributed by atoms with E-state index in [1.54, 1.807) is 9.36 Å². The molecule has 1 aliphatic rings. The fourth-order valence-corrected chi connectivity index (χ4v) is 3.48. The van der Waals surface area contributed by atoms with E-state index < -0.39 is 0 Å². The molecule has 0 unspecified atom stereocenters. The number of para-hydroxylation sites is 1. The maximum absolute atomic E-state index is 12.9. The standard InChI is InChI=1S/C21H21N3O2/c1-14-19(21(26)24(23(14)2)16-11-7-4-8-12-16)22-20(25)18-13-17(18)15-9-5-3-6-10-15/h3-12,17-18H,13H2,1-2H3,(H,22,25)/t17-,18-/m0/s1. The molecular formula is C21H21N3O2. The first-order valence-corrected chi connectivity index (χ1v) is 8.77. The van der Waals surface area contributed by atoms with Crippen LogP contribution in [0.3, 0.4) is 0 Å². The fourth-order valence-electron chi connectivity index (χ4n) is 3.48. The zero-order chi connectivity index (χ0) is 18.3. The molecule has 0 radical (unpaired) electrons. The smallest absolute Gasteiger partial charge is 0.295 e. The van der Waals surface area contributed by atoms with Gasteiger partial charge in [-0.25, -0.2) is 4.68 Å². The van der Waals surface area contributed by atoms with Crippen molar-refractivity contribution in [3.05, 3.63) is 82.3 Å². The summed E-state index contributed by atoms with van der Waals surface area (Å²) in [5.74, 6) is 0.100. The number of amides is 1. The number of rotatable bonds is 4. The maximum atomic E-state index is 12.9. The van der Waals surface area contributed by atoms with Crippen molar-refractivity contribution in [1.82, 2.24) is 9.36 Å². The van der Waals surface area contributed by atoms with Crippen molar-refractivity contribution in [2.75, 3.05) is 5.32 Å². The van der Waals surface area contributed by atoms with E-state index in [4.69, 9.17) is 0 Å². The molecule has 2 atom stereocenters. The first-order chi connectivity index (χ1) is 12.6. The van der Waals surface area contributed by atoms with Gasteiger partial charge in [0.1, 0.15) is 5.69 Å². The number of anilines is 1. The summed E-state index contributed by atoms with van der Waals surface area (Å²) in [7, 11) is 1.82. The van der Waals surface area contributed by atoms with Gasteiger partial charge < -0.3 is 5.32 Å². The number of hydrogen-bond acceptors (Lipinski definition) is 2. The van der Waals surface area contributed by atoms with Gasteiger partial charge in [-0.15, -0.1) is 0 Å². The lowest BCUT2D eigenvalue weighted by atomic mass is 10.1. The Morgan fingerprint density at radius 3 is 2.31 bits per heavy atom. The SMILES string of the molecule is Cc1c(NC(=O)[C@H]2C[C@H]2c2ccccc2)c(=O)n(-c2ccccc2)n1C. The molecule has 132 valence electrons. The monoisotopic (exact) mass is 347 g/mol. The molecule has 2 aromatic carbocycles. The largest absolute Gasteiger partial charge is 0.320 e. The van der Waals surface area contributed by atoms with Crippen molar-refractivity contribution < 1.29 is 4.79 Å². The first kappa shape index (κ1) is 16.4. The van der Waals surface area contributed by atoms with E-state index in [0.29, 0.717) is 5.69 Å². The highest BCUT2D eigenvalue weighted by atomic mass is 16.2. The van der Waals surface area contributed by atoms with Crippen LogP contribution in [0.5, 0.6) is 0 Å². The van der Waals surface area contributed by atoms with Crippen molar-refractivity contribution in [2.45, 2.75) is 19.3 Å². The van der Waals surface area contributed by atoms with Gasteiger partial charge in [-0.2, -0.15) is 0 Å². The molecule has 1 fully saturated rings. The minimum Gasteiger partial charge on any atom is -0.320 e. The second-order valence-corrected chi connectivity index (χ2v) is 6.79. The molecule has 0 aliphatic heterocycles. The van der Waals surface area contributed by atoms with Gasteiger partial charge in [-0.3, -0.25) is 14.3 Å². The van der Waals surface area contributed by atoms with Crippen molar-refractivity contribution >= 4 is 11.6 Å². The molecule has 0 bridgehead atoms. The Kier molecular flexibility index (Phi) is 3.99. The third kappa shape index (κ3) is 2.75. The number of nitrogens with one attached hydrogen (secondary N) is 1. The van der Waals surface area contributed by atoms with Crippen LogP contribution in [0, 0.1) is 12.8 Å². The van der Waals surface area contributed by atoms with Crippen LogP contribution in [0.15, 0.2) is 65.5 Å². The Balaban J connectivity index is 1.58. The van der Waals surface area contributed by atoms with Crippen LogP contribution < -0.4 is 10.9 Å². The Labute approximate surface area is 151 Å². The van der Waals surface area contributed by atoms with Gasteiger partial charge in [0.15, 0.2) is 0 Å². The zero-order valence-electron chi connectivity index (χ0n) is 14.8. The third-order valence-corrected chi connectivity index (χ3v) is 5.16. The topological polar surface area (TPSA) is 56.0 Å². The van der Waals surface area contributed by atoms with Crippen molar-refractivity contribution in [3.8, 4) is 5.69 Å². The number of carbonyl (C=O) groups is 1. The summed E-state index contributed by atoms with van der Waals surface area (Å²) in [5.41, 5.74) is 2.85. The summed E-state index contributed by atoms with van der Waals surface area (Å²) in [6, 6.07) is 19.5. The predicted octanol–water partition coefficient (Wildman–Crippen LogP) is 3.23. The number of hydrogen-bond donors (Lipinski definition) is 1. The Morgan fingerprint density at radius 1 is 1.04 bits per heavy atom. The van der Waals surface area contributed by atoms with Gasteiger partial charge in [-0.05, 0) is 37.0 Å². The number of carbonyl (C=O) groups excluding carboxylic acids is 1.